The lowest BCUT2D eigenvalue weighted by atomic mass is 10.0. The van der Waals surface area contributed by atoms with E-state index in [1.165, 1.54) is 37.9 Å². The zero-order chi connectivity index (χ0) is 14.1. The van der Waals surface area contributed by atoms with Crippen molar-refractivity contribution in [2.45, 2.75) is 44.3 Å². The number of hydrogen-bond acceptors (Lipinski definition) is 3. The van der Waals surface area contributed by atoms with Crippen molar-refractivity contribution in [3.05, 3.63) is 28.2 Å². The van der Waals surface area contributed by atoms with Crippen LogP contribution in [0.1, 0.15) is 37.8 Å². The van der Waals surface area contributed by atoms with Gasteiger partial charge in [-0.3, -0.25) is 4.90 Å². The Morgan fingerprint density at radius 2 is 2.20 bits per heavy atom. The quantitative estimate of drug-likeness (QED) is 0.911. The maximum absolute atomic E-state index is 5.30. The number of fused-ring (bicyclic) bond motifs is 1. The number of ether oxygens (including phenoxy) is 1. The standard InChI is InChI=1S/C16H23BrN2O/c1-11(12-5-6-16(20-2)13(17)10-12)18-14-7-9-19-8-3-4-15(14)19/h5-6,10-11,14-15,18H,3-4,7-9H2,1-2H3. The minimum Gasteiger partial charge on any atom is -0.496 e. The van der Waals surface area contributed by atoms with E-state index in [9.17, 15) is 0 Å². The fraction of sp³-hybridized carbons (Fsp3) is 0.625. The number of rotatable bonds is 4. The van der Waals surface area contributed by atoms with Gasteiger partial charge in [0.25, 0.3) is 0 Å². The van der Waals surface area contributed by atoms with Gasteiger partial charge in [-0.1, -0.05) is 6.07 Å². The molecule has 1 aromatic carbocycles. The Labute approximate surface area is 129 Å². The van der Waals surface area contributed by atoms with E-state index in [0.717, 1.165) is 16.3 Å². The lowest BCUT2D eigenvalue weighted by Crippen LogP contribution is -2.40. The van der Waals surface area contributed by atoms with Gasteiger partial charge in [-0.05, 0) is 66.4 Å². The van der Waals surface area contributed by atoms with E-state index in [-0.39, 0.29) is 0 Å². The third kappa shape index (κ3) is 2.74. The molecule has 3 unspecified atom stereocenters. The Morgan fingerprint density at radius 3 is 2.95 bits per heavy atom. The third-order valence-electron chi connectivity index (χ3n) is 4.75. The average Bonchev–Trinajstić information content (AvgIpc) is 3.03. The molecule has 3 rings (SSSR count). The number of nitrogens with one attached hydrogen (secondary N) is 1. The first-order chi connectivity index (χ1) is 9.69. The van der Waals surface area contributed by atoms with Gasteiger partial charge in [0.1, 0.15) is 5.75 Å². The van der Waals surface area contributed by atoms with E-state index in [4.69, 9.17) is 4.74 Å². The van der Waals surface area contributed by atoms with Gasteiger partial charge in [-0.25, -0.2) is 0 Å². The first kappa shape index (κ1) is 14.4. The maximum atomic E-state index is 5.30. The van der Waals surface area contributed by atoms with Gasteiger partial charge in [0, 0.05) is 24.7 Å². The highest BCUT2D eigenvalue weighted by Crippen LogP contribution is 2.31. The fourth-order valence-electron chi connectivity index (χ4n) is 3.65. The maximum Gasteiger partial charge on any atom is 0.133 e. The second-order valence-electron chi connectivity index (χ2n) is 5.92. The van der Waals surface area contributed by atoms with Crippen LogP contribution in [0, 0.1) is 0 Å². The molecule has 0 radical (unpaired) electrons. The van der Waals surface area contributed by atoms with Crippen LogP contribution in [0.2, 0.25) is 0 Å². The normalized spacial score (nSPS) is 27.6. The van der Waals surface area contributed by atoms with Gasteiger partial charge in [0.2, 0.25) is 0 Å². The van der Waals surface area contributed by atoms with Crippen LogP contribution in [0.3, 0.4) is 0 Å². The molecular formula is C16H23BrN2O. The summed E-state index contributed by atoms with van der Waals surface area (Å²) < 4.78 is 6.32. The Hall–Kier alpha value is -0.580. The summed E-state index contributed by atoms with van der Waals surface area (Å²) in [5.41, 5.74) is 1.31. The number of benzene rings is 1. The number of halogens is 1. The van der Waals surface area contributed by atoms with Crippen LogP contribution < -0.4 is 10.1 Å². The molecule has 4 heteroatoms. The molecule has 2 saturated heterocycles. The summed E-state index contributed by atoms with van der Waals surface area (Å²) >= 11 is 3.57. The largest absolute Gasteiger partial charge is 0.496 e. The van der Waals surface area contributed by atoms with Gasteiger partial charge in [0.15, 0.2) is 0 Å². The van der Waals surface area contributed by atoms with E-state index in [1.54, 1.807) is 7.11 Å². The molecule has 2 heterocycles. The predicted molar refractivity (Wildman–Crippen MR) is 85.2 cm³/mol. The molecule has 0 spiro atoms. The molecule has 3 atom stereocenters. The molecule has 2 aliphatic rings. The van der Waals surface area contributed by atoms with Gasteiger partial charge in [0.05, 0.1) is 11.6 Å². The highest BCUT2D eigenvalue weighted by Gasteiger charge is 2.37. The van der Waals surface area contributed by atoms with Gasteiger partial charge >= 0.3 is 0 Å². The molecule has 1 aromatic rings. The van der Waals surface area contributed by atoms with Crippen LogP contribution in [-0.2, 0) is 0 Å². The molecule has 0 aromatic heterocycles. The van der Waals surface area contributed by atoms with Gasteiger partial charge in [-0.2, -0.15) is 0 Å². The van der Waals surface area contributed by atoms with Gasteiger partial charge in [-0.15, -0.1) is 0 Å². The van der Waals surface area contributed by atoms with E-state index in [0.29, 0.717) is 12.1 Å². The van der Waals surface area contributed by atoms with Gasteiger partial charge < -0.3 is 10.1 Å². The highest BCUT2D eigenvalue weighted by atomic mass is 79.9. The van der Waals surface area contributed by atoms with Crippen molar-refractivity contribution in [2.24, 2.45) is 0 Å². The average molecular weight is 339 g/mol. The summed E-state index contributed by atoms with van der Waals surface area (Å²) in [4.78, 5) is 2.65. The van der Waals surface area contributed by atoms with Crippen molar-refractivity contribution in [1.29, 1.82) is 0 Å². The van der Waals surface area contributed by atoms with Crippen molar-refractivity contribution in [3.8, 4) is 5.75 Å². The number of methoxy groups -OCH3 is 1. The topological polar surface area (TPSA) is 24.5 Å². The lowest BCUT2D eigenvalue weighted by Gasteiger charge is -2.25. The van der Waals surface area contributed by atoms with Crippen molar-refractivity contribution in [3.63, 3.8) is 0 Å². The Balaban J connectivity index is 1.67. The van der Waals surface area contributed by atoms with E-state index < -0.39 is 0 Å². The third-order valence-corrected chi connectivity index (χ3v) is 5.37. The molecule has 0 saturated carbocycles. The molecule has 0 amide bonds. The van der Waals surface area contributed by atoms with Crippen molar-refractivity contribution >= 4 is 15.9 Å². The van der Waals surface area contributed by atoms with Crippen LogP contribution in [-0.4, -0.2) is 37.2 Å². The summed E-state index contributed by atoms with van der Waals surface area (Å²) in [5, 5.41) is 3.83. The molecule has 20 heavy (non-hydrogen) atoms. The fourth-order valence-corrected chi connectivity index (χ4v) is 4.20. The summed E-state index contributed by atoms with van der Waals surface area (Å²) in [7, 11) is 1.70. The first-order valence-corrected chi connectivity index (χ1v) is 8.32. The lowest BCUT2D eigenvalue weighted by molar-refractivity contribution is 0.291. The molecule has 2 aliphatic heterocycles. The van der Waals surface area contributed by atoms with Crippen LogP contribution in [0.15, 0.2) is 22.7 Å². The SMILES string of the molecule is COc1ccc(C(C)NC2CCN3CCCC23)cc1Br. The minimum absolute atomic E-state index is 0.378. The van der Waals surface area contributed by atoms with E-state index in [1.807, 2.05) is 6.07 Å². The summed E-state index contributed by atoms with van der Waals surface area (Å²) in [6, 6.07) is 8.14. The molecule has 3 nitrogen and oxygen atoms in total. The molecule has 1 N–H and O–H groups in total. The Bertz CT molecular complexity index is 480. The summed E-state index contributed by atoms with van der Waals surface area (Å²) in [5.74, 6) is 0.892. The molecular weight excluding hydrogens is 316 g/mol. The summed E-state index contributed by atoms with van der Waals surface area (Å²) in [6.07, 6.45) is 4.01. The molecule has 0 aliphatic carbocycles. The van der Waals surface area contributed by atoms with Crippen LogP contribution in [0.5, 0.6) is 5.75 Å². The molecule has 2 fully saturated rings. The monoisotopic (exact) mass is 338 g/mol. The summed E-state index contributed by atoms with van der Waals surface area (Å²) in [6.45, 7) is 4.82. The molecule has 110 valence electrons. The minimum atomic E-state index is 0.378. The molecule has 0 bridgehead atoms. The highest BCUT2D eigenvalue weighted by molar-refractivity contribution is 9.10. The van der Waals surface area contributed by atoms with Crippen LogP contribution in [0.25, 0.3) is 0 Å². The van der Waals surface area contributed by atoms with Crippen LogP contribution >= 0.6 is 15.9 Å². The van der Waals surface area contributed by atoms with E-state index in [2.05, 4.69) is 45.2 Å². The Kier molecular flexibility index (Phi) is 4.34. The smallest absolute Gasteiger partial charge is 0.133 e. The Morgan fingerprint density at radius 1 is 1.35 bits per heavy atom. The van der Waals surface area contributed by atoms with Crippen molar-refractivity contribution in [1.82, 2.24) is 10.2 Å². The van der Waals surface area contributed by atoms with E-state index >= 15 is 0 Å². The van der Waals surface area contributed by atoms with Crippen molar-refractivity contribution in [2.75, 3.05) is 20.2 Å². The predicted octanol–water partition coefficient (Wildman–Crippen LogP) is 3.35. The van der Waals surface area contributed by atoms with Crippen LogP contribution in [0.4, 0.5) is 0 Å². The second-order valence-corrected chi connectivity index (χ2v) is 6.78. The van der Waals surface area contributed by atoms with Crippen molar-refractivity contribution < 1.29 is 4.74 Å². The second kappa shape index (κ2) is 6.04. The number of nitrogens with zero attached hydrogens (tertiary/aromatic N) is 1. The zero-order valence-corrected chi connectivity index (χ0v) is 13.8. The first-order valence-electron chi connectivity index (χ1n) is 7.52. The number of hydrogen-bond donors (Lipinski definition) is 1. The zero-order valence-electron chi connectivity index (χ0n) is 12.2.